The van der Waals surface area contributed by atoms with Crippen LogP contribution in [0.25, 0.3) is 0 Å². The van der Waals surface area contributed by atoms with Gasteiger partial charge in [-0.25, -0.2) is 4.79 Å². The molecule has 1 fully saturated rings. The van der Waals surface area contributed by atoms with Gasteiger partial charge in [0.25, 0.3) is 5.91 Å². The fraction of sp³-hybridized carbons (Fsp3) is 0.621. The maximum Gasteiger partial charge on any atom is 0.327 e. The lowest BCUT2D eigenvalue weighted by molar-refractivity contribution is -0.132. The number of carbonyl (C=O) groups is 3. The summed E-state index contributed by atoms with van der Waals surface area (Å²) >= 11 is 0. The maximum absolute atomic E-state index is 13.1. The molecule has 1 saturated heterocycles. The van der Waals surface area contributed by atoms with Crippen LogP contribution >= 0.6 is 0 Å². The number of carbonyl (C=O) groups excluding carboxylic acids is 3. The zero-order chi connectivity index (χ0) is 27.2. The summed E-state index contributed by atoms with van der Waals surface area (Å²) < 4.78 is 11.4. The summed E-state index contributed by atoms with van der Waals surface area (Å²) in [7, 11) is 0. The van der Waals surface area contributed by atoms with Crippen molar-refractivity contribution in [3.63, 3.8) is 0 Å². The van der Waals surface area contributed by atoms with E-state index < -0.39 is 5.54 Å². The van der Waals surface area contributed by atoms with Gasteiger partial charge < -0.3 is 14.4 Å². The molecule has 7 nitrogen and oxygen atoms in total. The highest BCUT2D eigenvalue weighted by Gasteiger charge is 2.50. The van der Waals surface area contributed by atoms with Crippen molar-refractivity contribution in [2.45, 2.75) is 71.3 Å². The summed E-state index contributed by atoms with van der Waals surface area (Å²) in [4.78, 5) is 41.7. The first-order valence-corrected chi connectivity index (χ1v) is 12.9. The molecule has 0 saturated carbocycles. The van der Waals surface area contributed by atoms with E-state index in [4.69, 9.17) is 9.47 Å². The Labute approximate surface area is 217 Å². The molecule has 0 radical (unpaired) electrons. The second kappa shape index (κ2) is 15.6. The van der Waals surface area contributed by atoms with E-state index in [2.05, 4.69) is 33.2 Å². The third-order valence-corrected chi connectivity index (χ3v) is 6.88. The molecular weight excluding hydrogens is 456 g/mol. The summed E-state index contributed by atoms with van der Waals surface area (Å²) in [5, 5.41) is 0. The van der Waals surface area contributed by atoms with Gasteiger partial charge >= 0.3 is 6.03 Å². The molecule has 1 heterocycles. The van der Waals surface area contributed by atoms with E-state index in [1.807, 2.05) is 6.08 Å². The first kappa shape index (κ1) is 31.5. The van der Waals surface area contributed by atoms with Crippen molar-refractivity contribution in [2.75, 3.05) is 39.5 Å². The molecule has 0 spiro atoms. The second-order valence-electron chi connectivity index (χ2n) is 10.0. The number of amides is 3. The minimum absolute atomic E-state index is 0.00919. The quantitative estimate of drug-likeness (QED) is 0.118. The van der Waals surface area contributed by atoms with Gasteiger partial charge in [-0.15, -0.1) is 19.7 Å². The Morgan fingerprint density at radius 1 is 0.944 bits per heavy atom. The van der Waals surface area contributed by atoms with Gasteiger partial charge in [0.15, 0.2) is 0 Å². The molecule has 0 aliphatic carbocycles. The van der Waals surface area contributed by atoms with Crippen LogP contribution in [0.5, 0.6) is 0 Å². The second-order valence-corrected chi connectivity index (χ2v) is 10.0. The van der Waals surface area contributed by atoms with Gasteiger partial charge in [0.05, 0.1) is 26.4 Å². The molecule has 0 bridgehead atoms. The van der Waals surface area contributed by atoms with Crippen LogP contribution in [0.3, 0.4) is 0 Å². The van der Waals surface area contributed by atoms with Crippen LogP contribution in [0.15, 0.2) is 50.1 Å². The predicted molar refractivity (Wildman–Crippen MR) is 145 cm³/mol. The summed E-state index contributed by atoms with van der Waals surface area (Å²) in [6.45, 7) is 23.0. The zero-order valence-corrected chi connectivity index (χ0v) is 22.7. The van der Waals surface area contributed by atoms with E-state index in [1.165, 1.54) is 4.90 Å². The van der Waals surface area contributed by atoms with Crippen LogP contribution in [-0.2, 0) is 19.1 Å². The normalized spacial score (nSPS) is 15.3. The topological polar surface area (TPSA) is 76.2 Å². The number of nitrogens with zero attached hydrogens (tertiary/aromatic N) is 2. The number of imide groups is 1. The third-order valence-electron chi connectivity index (χ3n) is 6.88. The Morgan fingerprint density at radius 2 is 1.56 bits per heavy atom. The first-order chi connectivity index (χ1) is 17.1. The van der Waals surface area contributed by atoms with E-state index in [0.29, 0.717) is 52.2 Å². The minimum Gasteiger partial charge on any atom is -0.377 e. The predicted octanol–water partition coefficient (Wildman–Crippen LogP) is 5.48. The van der Waals surface area contributed by atoms with Crippen LogP contribution in [0, 0.1) is 5.41 Å². The van der Waals surface area contributed by atoms with Crippen molar-refractivity contribution in [2.24, 2.45) is 5.41 Å². The number of allylic oxidation sites excluding steroid dienone is 1. The van der Waals surface area contributed by atoms with Crippen LogP contribution in [0.4, 0.5) is 4.79 Å². The molecule has 1 rings (SSSR count). The molecule has 0 aromatic heterocycles. The summed E-state index contributed by atoms with van der Waals surface area (Å²) in [5.41, 5.74) is -0.220. The number of hydrogen-bond acceptors (Lipinski definition) is 5. The highest BCUT2D eigenvalue weighted by molar-refractivity contribution is 6.06. The summed E-state index contributed by atoms with van der Waals surface area (Å²) in [6, 6.07) is -0.340. The van der Waals surface area contributed by atoms with Crippen molar-refractivity contribution >= 4 is 17.7 Å². The molecular formula is C29H46N2O5. The first-order valence-electron chi connectivity index (χ1n) is 12.9. The molecule has 0 aromatic rings. The SMILES string of the molecule is C=CCCC(=C)CCN1C(=O)N(CCC(=O)CCC(CC)(COCC=C)COCC=C)C(=O)C1(C)C. The molecule has 1 aliphatic heterocycles. The molecule has 0 atom stereocenters. The minimum atomic E-state index is -0.943. The molecule has 0 N–H and O–H groups in total. The van der Waals surface area contributed by atoms with E-state index in [9.17, 15) is 14.4 Å². The van der Waals surface area contributed by atoms with Crippen molar-refractivity contribution in [3.05, 3.63) is 50.1 Å². The van der Waals surface area contributed by atoms with Crippen molar-refractivity contribution in [1.29, 1.82) is 0 Å². The molecule has 7 heteroatoms. The third kappa shape index (κ3) is 9.17. The largest absolute Gasteiger partial charge is 0.377 e. The van der Waals surface area contributed by atoms with Crippen LogP contribution < -0.4 is 0 Å². The van der Waals surface area contributed by atoms with E-state index in [-0.39, 0.29) is 36.1 Å². The van der Waals surface area contributed by atoms with Gasteiger partial charge in [0.2, 0.25) is 0 Å². The fourth-order valence-electron chi connectivity index (χ4n) is 4.24. The van der Waals surface area contributed by atoms with Crippen molar-refractivity contribution < 1.29 is 23.9 Å². The van der Waals surface area contributed by atoms with Gasteiger partial charge in [-0.3, -0.25) is 14.5 Å². The van der Waals surface area contributed by atoms with Crippen molar-refractivity contribution in [3.8, 4) is 0 Å². The molecule has 3 amide bonds. The fourth-order valence-corrected chi connectivity index (χ4v) is 4.24. The summed E-state index contributed by atoms with van der Waals surface area (Å²) in [6.07, 6.45) is 9.36. The average molecular weight is 503 g/mol. The van der Waals surface area contributed by atoms with Crippen LogP contribution in [-0.4, -0.2) is 72.6 Å². The highest BCUT2D eigenvalue weighted by Crippen LogP contribution is 2.31. The lowest BCUT2D eigenvalue weighted by atomic mass is 9.81. The number of ether oxygens (including phenoxy) is 2. The van der Waals surface area contributed by atoms with E-state index >= 15 is 0 Å². The molecule has 1 aliphatic rings. The Kier molecular flexibility index (Phi) is 13.6. The van der Waals surface area contributed by atoms with Crippen LogP contribution in [0.2, 0.25) is 0 Å². The van der Waals surface area contributed by atoms with Gasteiger partial charge in [0.1, 0.15) is 11.3 Å². The Hall–Kier alpha value is -2.51. The van der Waals surface area contributed by atoms with Crippen molar-refractivity contribution in [1.82, 2.24) is 9.80 Å². The highest BCUT2D eigenvalue weighted by atomic mass is 16.5. The zero-order valence-electron chi connectivity index (χ0n) is 22.7. The molecule has 202 valence electrons. The lowest BCUT2D eigenvalue weighted by Gasteiger charge is -2.32. The average Bonchev–Trinajstić information content (AvgIpc) is 3.01. The maximum atomic E-state index is 13.1. The van der Waals surface area contributed by atoms with E-state index in [0.717, 1.165) is 24.8 Å². The lowest BCUT2D eigenvalue weighted by Crippen LogP contribution is -2.44. The van der Waals surface area contributed by atoms with E-state index in [1.54, 1.807) is 30.9 Å². The van der Waals surface area contributed by atoms with Gasteiger partial charge in [-0.05, 0) is 46.0 Å². The Balaban J connectivity index is 2.70. The number of urea groups is 1. The standard InChI is InChI=1S/C29H46N2O5/c1-8-12-13-24(5)15-19-31-27(34)30(26(33)28(31,6)7)18-16-25(32)14-17-29(11-4,22-35-20-9-2)23-36-21-10-3/h8-10H,1-3,5,11-23H2,4,6-7H3. The number of hydrogen-bond donors (Lipinski definition) is 0. The number of rotatable bonds is 21. The molecule has 0 aromatic carbocycles. The number of ketones is 1. The number of Topliss-reactive ketones (excluding diaryl/α,β-unsaturated/α-hetero) is 1. The van der Waals surface area contributed by atoms with Gasteiger partial charge in [0, 0.05) is 31.3 Å². The summed E-state index contributed by atoms with van der Waals surface area (Å²) in [5.74, 6) is -0.259. The Morgan fingerprint density at radius 3 is 2.08 bits per heavy atom. The smallest absolute Gasteiger partial charge is 0.327 e. The monoisotopic (exact) mass is 502 g/mol. The van der Waals surface area contributed by atoms with Gasteiger partial charge in [-0.1, -0.05) is 37.3 Å². The van der Waals surface area contributed by atoms with Crippen LogP contribution in [0.1, 0.15) is 65.7 Å². The molecule has 0 unspecified atom stereocenters. The molecule has 36 heavy (non-hydrogen) atoms. The Bertz CT molecular complexity index is 787. The van der Waals surface area contributed by atoms with Gasteiger partial charge in [-0.2, -0.15) is 0 Å².